The predicted molar refractivity (Wildman–Crippen MR) is 60.9 cm³/mol. The highest BCUT2D eigenvalue weighted by atomic mass is 19.1. The molecule has 0 aromatic heterocycles. The first-order valence-corrected chi connectivity index (χ1v) is 5.46. The zero-order valence-electron chi connectivity index (χ0n) is 9.97. The van der Waals surface area contributed by atoms with Crippen LogP contribution in [0.25, 0.3) is 0 Å². The minimum atomic E-state index is -0.702. The molecule has 0 bridgehead atoms. The smallest absolute Gasteiger partial charge is 0.313 e. The number of ketones is 1. The summed E-state index contributed by atoms with van der Waals surface area (Å²) in [4.78, 5) is 21.4. The summed E-state index contributed by atoms with van der Waals surface area (Å²) in [5.74, 6) is -0.651. The van der Waals surface area contributed by atoms with Crippen LogP contribution in [0.3, 0.4) is 0 Å². The van der Waals surface area contributed by atoms with Gasteiger partial charge in [0, 0.05) is 6.42 Å². The van der Waals surface area contributed by atoms with E-state index in [2.05, 4.69) is 0 Å². The van der Waals surface area contributed by atoms with Crippen LogP contribution < -0.4 is 4.74 Å². The second kappa shape index (κ2) is 4.04. The molecule has 1 aromatic rings. The van der Waals surface area contributed by atoms with E-state index < -0.39 is 27.9 Å². The molecule has 1 fully saturated rings. The highest BCUT2D eigenvalue weighted by molar-refractivity contribution is 5.91. The summed E-state index contributed by atoms with van der Waals surface area (Å²) in [6, 6.07) is 3.12. The topological polar surface area (TPSA) is 69.4 Å². The van der Waals surface area contributed by atoms with Crippen LogP contribution >= 0.6 is 0 Å². The van der Waals surface area contributed by atoms with Crippen LogP contribution in [0.2, 0.25) is 0 Å². The van der Waals surface area contributed by atoms with Crippen LogP contribution in [0, 0.1) is 21.3 Å². The Kier molecular flexibility index (Phi) is 2.80. The lowest BCUT2D eigenvalue weighted by atomic mass is 9.68. The zero-order valence-corrected chi connectivity index (χ0v) is 9.97. The van der Waals surface area contributed by atoms with Gasteiger partial charge in [0.05, 0.1) is 16.4 Å². The molecule has 1 aliphatic rings. The van der Waals surface area contributed by atoms with Gasteiger partial charge in [-0.05, 0) is 26.0 Å². The Morgan fingerprint density at radius 2 is 2.17 bits per heavy atom. The number of rotatable bonds is 3. The Hall–Kier alpha value is -1.98. The molecule has 1 atom stereocenters. The second-order valence-corrected chi connectivity index (χ2v) is 4.82. The maximum absolute atomic E-state index is 12.9. The van der Waals surface area contributed by atoms with Gasteiger partial charge in [0.2, 0.25) is 0 Å². The Labute approximate surface area is 103 Å². The number of hydrogen-bond donors (Lipinski definition) is 0. The molecular weight excluding hydrogens is 241 g/mol. The number of carbonyl (C=O) groups excluding carboxylic acids is 1. The summed E-state index contributed by atoms with van der Waals surface area (Å²) in [5.41, 5.74) is -1.08. The van der Waals surface area contributed by atoms with E-state index in [0.29, 0.717) is 0 Å². The summed E-state index contributed by atoms with van der Waals surface area (Å²) in [6.07, 6.45) is -0.184. The van der Waals surface area contributed by atoms with Crippen LogP contribution in [-0.2, 0) is 4.79 Å². The van der Waals surface area contributed by atoms with Crippen molar-refractivity contribution in [1.82, 2.24) is 0 Å². The Morgan fingerprint density at radius 3 is 2.67 bits per heavy atom. The van der Waals surface area contributed by atoms with Crippen molar-refractivity contribution in [3.05, 3.63) is 34.1 Å². The number of carbonyl (C=O) groups is 1. The molecule has 0 spiro atoms. The van der Waals surface area contributed by atoms with Crippen LogP contribution in [0.5, 0.6) is 5.75 Å². The van der Waals surface area contributed by atoms with Crippen molar-refractivity contribution in [3.8, 4) is 5.75 Å². The molecule has 6 heteroatoms. The van der Waals surface area contributed by atoms with Gasteiger partial charge in [0.15, 0.2) is 5.75 Å². The van der Waals surface area contributed by atoms with E-state index in [1.54, 1.807) is 13.8 Å². The highest BCUT2D eigenvalue weighted by Gasteiger charge is 2.49. The summed E-state index contributed by atoms with van der Waals surface area (Å²) in [5, 5.41) is 10.8. The van der Waals surface area contributed by atoms with E-state index in [4.69, 9.17) is 4.74 Å². The van der Waals surface area contributed by atoms with E-state index in [9.17, 15) is 19.3 Å². The quantitative estimate of drug-likeness (QED) is 0.613. The number of nitro benzene ring substituents is 1. The molecule has 1 unspecified atom stereocenters. The molecule has 0 amide bonds. The Bertz CT molecular complexity index is 527. The molecule has 1 aliphatic carbocycles. The largest absolute Gasteiger partial charge is 0.482 e. The average molecular weight is 253 g/mol. The Balaban J connectivity index is 2.25. The third-order valence-corrected chi connectivity index (χ3v) is 3.28. The van der Waals surface area contributed by atoms with Crippen LogP contribution in [0.1, 0.15) is 20.3 Å². The first-order valence-electron chi connectivity index (χ1n) is 5.46. The van der Waals surface area contributed by atoms with Gasteiger partial charge in [-0.2, -0.15) is 0 Å². The van der Waals surface area contributed by atoms with Crippen molar-refractivity contribution in [2.45, 2.75) is 26.4 Å². The lowest BCUT2D eigenvalue weighted by Gasteiger charge is -2.41. The predicted octanol–water partition coefficient (Wildman–Crippen LogP) is 2.48. The molecule has 1 saturated carbocycles. The van der Waals surface area contributed by atoms with Gasteiger partial charge in [0.25, 0.3) is 0 Å². The third-order valence-electron chi connectivity index (χ3n) is 3.28. The zero-order chi connectivity index (χ0) is 13.5. The molecule has 18 heavy (non-hydrogen) atoms. The summed E-state index contributed by atoms with van der Waals surface area (Å²) < 4.78 is 18.4. The van der Waals surface area contributed by atoms with Gasteiger partial charge in [-0.25, -0.2) is 4.39 Å². The summed E-state index contributed by atoms with van der Waals surface area (Å²) in [7, 11) is 0. The molecular formula is C12H12FNO4. The van der Waals surface area contributed by atoms with Crippen LogP contribution in [0.15, 0.2) is 18.2 Å². The second-order valence-electron chi connectivity index (χ2n) is 4.82. The van der Waals surface area contributed by atoms with E-state index in [1.165, 1.54) is 6.07 Å². The average Bonchev–Trinajstić information content (AvgIpc) is 2.30. The van der Waals surface area contributed by atoms with Gasteiger partial charge >= 0.3 is 5.69 Å². The van der Waals surface area contributed by atoms with Crippen molar-refractivity contribution >= 4 is 11.5 Å². The van der Waals surface area contributed by atoms with Gasteiger partial charge in [-0.15, -0.1) is 0 Å². The van der Waals surface area contributed by atoms with Crippen molar-refractivity contribution in [3.63, 3.8) is 0 Å². The lowest BCUT2D eigenvalue weighted by molar-refractivity contribution is -0.386. The van der Waals surface area contributed by atoms with E-state index in [0.717, 1.165) is 12.1 Å². The molecule has 1 aromatic carbocycles. The first kappa shape index (κ1) is 12.5. The van der Waals surface area contributed by atoms with Crippen molar-refractivity contribution in [1.29, 1.82) is 0 Å². The number of benzene rings is 1. The molecule has 2 rings (SSSR count). The lowest BCUT2D eigenvalue weighted by Crippen LogP contribution is -2.53. The number of hydrogen-bond acceptors (Lipinski definition) is 4. The standard InChI is InChI=1S/C12H12FNO4/c1-12(2)10(15)6-11(12)18-9-4-3-7(13)5-8(9)14(16)17/h3-5,11H,6H2,1-2H3. The van der Waals surface area contributed by atoms with Gasteiger partial charge in [-0.3, -0.25) is 14.9 Å². The summed E-state index contributed by atoms with van der Waals surface area (Å²) in [6.45, 7) is 3.44. The molecule has 0 heterocycles. The normalized spacial score (nSPS) is 21.3. The first-order chi connectivity index (χ1) is 8.32. The molecule has 0 N–H and O–H groups in total. The van der Waals surface area contributed by atoms with Gasteiger partial charge in [-0.1, -0.05) is 0 Å². The van der Waals surface area contributed by atoms with Gasteiger partial charge < -0.3 is 4.74 Å². The minimum Gasteiger partial charge on any atom is -0.482 e. The maximum Gasteiger partial charge on any atom is 0.313 e. The molecule has 0 radical (unpaired) electrons. The van der Waals surface area contributed by atoms with E-state index in [1.807, 2.05) is 0 Å². The monoisotopic (exact) mass is 253 g/mol. The molecule has 96 valence electrons. The Morgan fingerprint density at radius 1 is 1.50 bits per heavy atom. The number of halogens is 1. The van der Waals surface area contributed by atoms with Crippen LogP contribution in [0.4, 0.5) is 10.1 Å². The highest BCUT2D eigenvalue weighted by Crippen LogP contribution is 2.41. The third kappa shape index (κ3) is 1.94. The maximum atomic E-state index is 12.9. The molecule has 5 nitrogen and oxygen atoms in total. The number of ether oxygens (including phenoxy) is 1. The van der Waals surface area contributed by atoms with Gasteiger partial charge in [0.1, 0.15) is 17.7 Å². The SMILES string of the molecule is CC1(C)C(=O)CC1Oc1ccc(F)cc1[N+](=O)[O-]. The number of nitro groups is 1. The van der Waals surface area contributed by atoms with Crippen molar-refractivity contribution < 1.29 is 18.8 Å². The molecule has 0 aliphatic heterocycles. The summed E-state index contributed by atoms with van der Waals surface area (Å²) >= 11 is 0. The number of Topliss-reactive ketones (excluding diaryl/α,β-unsaturated/α-hetero) is 1. The number of nitrogens with zero attached hydrogens (tertiary/aromatic N) is 1. The van der Waals surface area contributed by atoms with E-state index in [-0.39, 0.29) is 18.0 Å². The van der Waals surface area contributed by atoms with Crippen molar-refractivity contribution in [2.75, 3.05) is 0 Å². The fraction of sp³-hybridized carbons (Fsp3) is 0.417. The molecule has 0 saturated heterocycles. The fourth-order valence-electron chi connectivity index (χ4n) is 1.81. The van der Waals surface area contributed by atoms with Crippen LogP contribution in [-0.4, -0.2) is 16.8 Å². The van der Waals surface area contributed by atoms with Crippen molar-refractivity contribution in [2.24, 2.45) is 5.41 Å². The minimum absolute atomic E-state index is 0.00743. The fourth-order valence-corrected chi connectivity index (χ4v) is 1.81. The van der Waals surface area contributed by atoms with E-state index >= 15 is 0 Å².